The van der Waals surface area contributed by atoms with Crippen molar-refractivity contribution in [2.75, 3.05) is 47.4 Å². The molecule has 1 N–H and O–H groups in total. The summed E-state index contributed by atoms with van der Waals surface area (Å²) in [7, 11) is 0. The van der Waals surface area contributed by atoms with Crippen LogP contribution in [0.4, 0.5) is 17.1 Å². The van der Waals surface area contributed by atoms with Crippen LogP contribution in [0.2, 0.25) is 5.02 Å². The molecule has 12 nitrogen and oxygen atoms in total. The summed E-state index contributed by atoms with van der Waals surface area (Å²) in [5, 5.41) is 12.2. The van der Waals surface area contributed by atoms with E-state index in [-0.39, 0.29) is 40.8 Å². The highest BCUT2D eigenvalue weighted by Crippen LogP contribution is 2.48. The lowest BCUT2D eigenvalue weighted by atomic mass is 9.75. The third-order valence-electron chi connectivity index (χ3n) is 13.0. The summed E-state index contributed by atoms with van der Waals surface area (Å²) in [6, 6.07) is 17.7. The fourth-order valence-corrected chi connectivity index (χ4v) is 10.3. The predicted octanol–water partition coefficient (Wildman–Crippen LogP) is 5.52. The predicted molar refractivity (Wildman–Crippen MR) is 215 cm³/mol. The van der Waals surface area contributed by atoms with Crippen molar-refractivity contribution in [1.29, 1.82) is 5.26 Å². The molecular formula is C42H43ClN8O4S. The Balaban J connectivity index is 0.773. The number of imide groups is 1. The molecule has 0 radical (unpaired) electrons. The number of amides is 4. The van der Waals surface area contributed by atoms with Crippen molar-refractivity contribution >= 4 is 69.6 Å². The Morgan fingerprint density at radius 3 is 2.30 bits per heavy atom. The lowest BCUT2D eigenvalue weighted by Gasteiger charge is -2.43. The molecule has 5 fully saturated rings. The molecule has 14 heteroatoms. The van der Waals surface area contributed by atoms with E-state index in [1.165, 1.54) is 16.7 Å². The van der Waals surface area contributed by atoms with E-state index >= 15 is 0 Å². The molecule has 1 atom stereocenters. The van der Waals surface area contributed by atoms with E-state index in [0.717, 1.165) is 94.6 Å². The van der Waals surface area contributed by atoms with Crippen LogP contribution in [0, 0.1) is 17.2 Å². The molecule has 6 heterocycles. The van der Waals surface area contributed by atoms with Gasteiger partial charge < -0.3 is 19.6 Å². The van der Waals surface area contributed by atoms with Crippen LogP contribution < -0.4 is 20.0 Å². The van der Waals surface area contributed by atoms with Crippen LogP contribution >= 0.6 is 23.8 Å². The topological polar surface area (TPSA) is 133 Å². The third-order valence-corrected chi connectivity index (χ3v) is 13.7. The van der Waals surface area contributed by atoms with Crippen molar-refractivity contribution in [2.45, 2.75) is 81.8 Å². The van der Waals surface area contributed by atoms with Crippen LogP contribution in [0.1, 0.15) is 90.9 Å². The second kappa shape index (κ2) is 14.6. The molecule has 3 aromatic rings. The number of piperidine rings is 3. The molecular weight excluding hydrogens is 748 g/mol. The molecule has 0 bridgehead atoms. The number of carbonyl (C=O) groups excluding carboxylic acids is 4. The number of aromatic nitrogens is 1. The second-order valence-electron chi connectivity index (χ2n) is 16.1. The highest BCUT2D eigenvalue weighted by Gasteiger charge is 2.59. The number of halogens is 1. The number of anilines is 3. The van der Waals surface area contributed by atoms with Crippen molar-refractivity contribution in [3.8, 4) is 6.07 Å². The van der Waals surface area contributed by atoms with Gasteiger partial charge in [0.1, 0.15) is 17.6 Å². The van der Waals surface area contributed by atoms with Gasteiger partial charge in [0.05, 0.1) is 16.9 Å². The first-order chi connectivity index (χ1) is 27.1. The first-order valence-electron chi connectivity index (χ1n) is 19.7. The van der Waals surface area contributed by atoms with Crippen molar-refractivity contribution in [3.05, 3.63) is 82.1 Å². The fraction of sp³-hybridized carbons (Fsp3) is 0.452. The summed E-state index contributed by atoms with van der Waals surface area (Å²) in [4.78, 5) is 65.6. The minimum Gasteiger partial charge on any atom is -0.371 e. The molecule has 288 valence electrons. The Morgan fingerprint density at radius 1 is 0.911 bits per heavy atom. The Bertz CT molecular complexity index is 2170. The van der Waals surface area contributed by atoms with Gasteiger partial charge in [0.15, 0.2) is 10.8 Å². The van der Waals surface area contributed by atoms with Crippen LogP contribution in [-0.2, 0) is 20.9 Å². The molecule has 2 aromatic carbocycles. The van der Waals surface area contributed by atoms with Gasteiger partial charge in [-0.05, 0) is 130 Å². The number of rotatable bonds is 7. The molecule has 56 heavy (non-hydrogen) atoms. The summed E-state index contributed by atoms with van der Waals surface area (Å²) < 4.78 is 0. The number of carbonyl (C=O) groups is 4. The summed E-state index contributed by atoms with van der Waals surface area (Å²) >= 11 is 12.2. The molecule has 9 rings (SSSR count). The van der Waals surface area contributed by atoms with Crippen LogP contribution in [0.5, 0.6) is 0 Å². The zero-order chi connectivity index (χ0) is 38.7. The average Bonchev–Trinajstić information content (AvgIpc) is 3.64. The maximum Gasteiger partial charge on any atom is 0.259 e. The number of pyridine rings is 1. The molecule has 1 saturated carbocycles. The highest BCUT2D eigenvalue weighted by molar-refractivity contribution is 7.81. The van der Waals surface area contributed by atoms with E-state index in [0.29, 0.717) is 41.2 Å². The number of likely N-dealkylation sites (tertiary alicyclic amines) is 1. The van der Waals surface area contributed by atoms with E-state index < -0.39 is 11.6 Å². The number of thiocarbonyl (C=S) groups is 1. The SMILES string of the molecule is N#Cc1ncc(N2C(=O)C3(CCC3)N(c3ccc(C4CCN(CC5CCN(c6ccc7c(c6)C(=O)N(C6CCC(=O)NC6=O)C7)CC5)CC4)cc3)C2=S)cc1Cl. The number of benzene rings is 2. The summed E-state index contributed by atoms with van der Waals surface area (Å²) in [6.07, 6.45) is 8.91. The van der Waals surface area contributed by atoms with E-state index in [4.69, 9.17) is 23.8 Å². The van der Waals surface area contributed by atoms with Gasteiger partial charge in [-0.2, -0.15) is 5.26 Å². The molecule has 5 aliphatic heterocycles. The number of nitrogens with zero attached hydrogens (tertiary/aromatic N) is 7. The molecule has 6 aliphatic rings. The van der Waals surface area contributed by atoms with Crippen LogP contribution in [0.3, 0.4) is 0 Å². The zero-order valence-corrected chi connectivity index (χ0v) is 32.7. The van der Waals surface area contributed by atoms with Crippen LogP contribution in [-0.4, -0.2) is 87.8 Å². The Hall–Kier alpha value is -4.90. The van der Waals surface area contributed by atoms with E-state index in [9.17, 15) is 24.4 Å². The number of nitriles is 1. The molecule has 1 unspecified atom stereocenters. The van der Waals surface area contributed by atoms with Crippen molar-refractivity contribution in [1.82, 2.24) is 20.1 Å². The number of hydrogen-bond acceptors (Lipinski definition) is 9. The normalized spacial score (nSPS) is 23.1. The van der Waals surface area contributed by atoms with Gasteiger partial charge in [-0.15, -0.1) is 0 Å². The lowest BCUT2D eigenvalue weighted by molar-refractivity contribution is -0.137. The third kappa shape index (κ3) is 6.32. The Kier molecular flexibility index (Phi) is 9.54. The standard InChI is InChI=1S/C42H43ClN8O4S/c43-34-21-32(23-45-35(34)22-44)50-40(55)42(14-1-15-42)51(41(50)56)30-5-2-27(3-6-30)28-12-16-47(17-13-28)24-26-10-18-48(19-11-26)31-7-4-29-25-49(39(54)33(29)20-31)36-8-9-37(52)46-38(36)53/h2-7,20-21,23,26,28,36H,1,8-19,24-25H2,(H,46,52,53). The smallest absolute Gasteiger partial charge is 0.259 e. The van der Waals surface area contributed by atoms with Crippen LogP contribution in [0.15, 0.2) is 54.7 Å². The van der Waals surface area contributed by atoms with Gasteiger partial charge in [0.25, 0.3) is 11.8 Å². The van der Waals surface area contributed by atoms with E-state index in [2.05, 4.69) is 50.4 Å². The lowest BCUT2D eigenvalue weighted by Crippen LogP contribution is -2.55. The zero-order valence-electron chi connectivity index (χ0n) is 31.1. The highest BCUT2D eigenvalue weighted by atomic mass is 35.5. The Labute approximate surface area is 336 Å². The monoisotopic (exact) mass is 790 g/mol. The minimum absolute atomic E-state index is 0.0711. The first-order valence-corrected chi connectivity index (χ1v) is 20.5. The second-order valence-corrected chi connectivity index (χ2v) is 16.9. The van der Waals surface area contributed by atoms with Gasteiger partial charge >= 0.3 is 0 Å². The Morgan fingerprint density at radius 2 is 1.64 bits per heavy atom. The number of hydrogen-bond donors (Lipinski definition) is 1. The molecule has 1 spiro atoms. The number of fused-ring (bicyclic) bond motifs is 1. The average molecular weight is 791 g/mol. The quantitative estimate of drug-likeness (QED) is 0.241. The van der Waals surface area contributed by atoms with Gasteiger partial charge in [-0.3, -0.25) is 29.4 Å². The largest absolute Gasteiger partial charge is 0.371 e. The molecule has 1 aromatic heterocycles. The van der Waals surface area contributed by atoms with Gasteiger partial charge in [-0.25, -0.2) is 4.98 Å². The van der Waals surface area contributed by atoms with Crippen molar-refractivity contribution in [2.24, 2.45) is 5.92 Å². The van der Waals surface area contributed by atoms with Crippen LogP contribution in [0.25, 0.3) is 0 Å². The maximum atomic E-state index is 13.9. The summed E-state index contributed by atoms with van der Waals surface area (Å²) in [6.45, 7) is 5.51. The summed E-state index contributed by atoms with van der Waals surface area (Å²) in [5.41, 5.74) is 4.76. The van der Waals surface area contributed by atoms with Crippen molar-refractivity contribution < 1.29 is 19.2 Å². The first kappa shape index (κ1) is 36.7. The van der Waals surface area contributed by atoms with Gasteiger partial charge in [0, 0.05) is 49.5 Å². The maximum absolute atomic E-state index is 13.9. The van der Waals surface area contributed by atoms with Gasteiger partial charge in [-0.1, -0.05) is 29.8 Å². The van der Waals surface area contributed by atoms with E-state index in [1.807, 2.05) is 23.1 Å². The molecule has 4 amide bonds. The van der Waals surface area contributed by atoms with E-state index in [1.54, 1.807) is 11.0 Å². The van der Waals surface area contributed by atoms with Crippen molar-refractivity contribution in [3.63, 3.8) is 0 Å². The molecule has 1 aliphatic carbocycles. The fourth-order valence-electron chi connectivity index (χ4n) is 9.66. The minimum atomic E-state index is -0.706. The summed E-state index contributed by atoms with van der Waals surface area (Å²) in [5.74, 6) is 0.244. The molecule has 4 saturated heterocycles. The number of nitrogens with one attached hydrogen (secondary N) is 1. The van der Waals surface area contributed by atoms with Gasteiger partial charge in [0.2, 0.25) is 11.8 Å².